The molecule has 0 aromatic rings. The van der Waals surface area contributed by atoms with Gasteiger partial charge in [0.05, 0.1) is 18.9 Å². The molecule has 7 heteroatoms. The van der Waals surface area contributed by atoms with E-state index in [1.54, 1.807) is 6.08 Å². The Bertz CT molecular complexity index is 495. The van der Waals surface area contributed by atoms with Crippen LogP contribution in [-0.2, 0) is 19.2 Å². The van der Waals surface area contributed by atoms with Gasteiger partial charge in [-0.1, -0.05) is 12.2 Å². The number of aliphatic carboxylic acids is 2. The van der Waals surface area contributed by atoms with Gasteiger partial charge in [-0.05, 0) is 18.8 Å². The molecule has 1 fully saturated rings. The van der Waals surface area contributed by atoms with E-state index in [-0.39, 0.29) is 49.6 Å². The fourth-order valence-electron chi connectivity index (χ4n) is 2.84. The van der Waals surface area contributed by atoms with Crippen LogP contribution in [0.3, 0.4) is 0 Å². The molecule has 0 radical (unpaired) electrons. The first-order valence-electron chi connectivity index (χ1n) is 7.62. The molecule has 23 heavy (non-hydrogen) atoms. The second-order valence-corrected chi connectivity index (χ2v) is 5.78. The number of Topliss-reactive ketones (excluding diaryl/α,β-unsaturated/α-hetero) is 2. The van der Waals surface area contributed by atoms with Crippen LogP contribution in [-0.4, -0.2) is 44.9 Å². The van der Waals surface area contributed by atoms with E-state index in [2.05, 4.69) is 0 Å². The second kappa shape index (κ2) is 9.19. The van der Waals surface area contributed by atoms with E-state index in [1.165, 1.54) is 6.08 Å². The fraction of sp³-hybridized carbons (Fsp3) is 0.625. The largest absolute Gasteiger partial charge is 0.481 e. The van der Waals surface area contributed by atoms with Crippen molar-refractivity contribution in [1.82, 2.24) is 0 Å². The molecule has 0 heterocycles. The first-order chi connectivity index (χ1) is 10.8. The summed E-state index contributed by atoms with van der Waals surface area (Å²) in [5.74, 6) is -3.05. The Labute approximate surface area is 134 Å². The number of aliphatic hydroxyl groups is 1. The molecule has 0 unspecified atom stereocenters. The van der Waals surface area contributed by atoms with Crippen molar-refractivity contribution in [3.05, 3.63) is 12.2 Å². The summed E-state index contributed by atoms with van der Waals surface area (Å²) in [7, 11) is 0. The van der Waals surface area contributed by atoms with Gasteiger partial charge in [0.15, 0.2) is 0 Å². The minimum Gasteiger partial charge on any atom is -0.481 e. The highest BCUT2D eigenvalue weighted by atomic mass is 16.4. The predicted octanol–water partition coefficient (Wildman–Crippen LogP) is 1.19. The van der Waals surface area contributed by atoms with Gasteiger partial charge in [0.1, 0.15) is 11.6 Å². The number of aliphatic hydroxyl groups excluding tert-OH is 1. The van der Waals surface area contributed by atoms with Crippen LogP contribution in [0.5, 0.6) is 0 Å². The molecule has 1 saturated carbocycles. The number of hydrogen-bond donors (Lipinski definition) is 3. The molecule has 1 aliphatic rings. The molecular weight excluding hydrogens is 304 g/mol. The Hall–Kier alpha value is -2.02. The molecule has 0 aliphatic heterocycles. The van der Waals surface area contributed by atoms with Crippen molar-refractivity contribution in [1.29, 1.82) is 0 Å². The van der Waals surface area contributed by atoms with Crippen LogP contribution in [0.1, 0.15) is 44.9 Å². The summed E-state index contributed by atoms with van der Waals surface area (Å²) in [6, 6.07) is 0. The van der Waals surface area contributed by atoms with E-state index in [0.717, 1.165) is 0 Å². The van der Waals surface area contributed by atoms with Crippen molar-refractivity contribution in [3.8, 4) is 0 Å². The van der Waals surface area contributed by atoms with E-state index < -0.39 is 24.0 Å². The summed E-state index contributed by atoms with van der Waals surface area (Å²) in [4.78, 5) is 44.4. The van der Waals surface area contributed by atoms with Gasteiger partial charge >= 0.3 is 11.9 Å². The predicted molar refractivity (Wildman–Crippen MR) is 79.7 cm³/mol. The van der Waals surface area contributed by atoms with Crippen LogP contribution < -0.4 is 0 Å². The maximum absolute atomic E-state index is 11.9. The lowest BCUT2D eigenvalue weighted by Crippen LogP contribution is -2.21. The van der Waals surface area contributed by atoms with E-state index in [4.69, 9.17) is 10.2 Å². The third-order valence-corrected chi connectivity index (χ3v) is 4.05. The summed E-state index contributed by atoms with van der Waals surface area (Å²) in [6.45, 7) is 0. The third-order valence-electron chi connectivity index (χ3n) is 4.05. The van der Waals surface area contributed by atoms with Gasteiger partial charge in [-0.3, -0.25) is 19.2 Å². The molecule has 0 aromatic heterocycles. The summed E-state index contributed by atoms with van der Waals surface area (Å²) in [5, 5.41) is 27.0. The van der Waals surface area contributed by atoms with Crippen LogP contribution in [0.15, 0.2) is 12.2 Å². The van der Waals surface area contributed by atoms with Gasteiger partial charge in [-0.15, -0.1) is 0 Å². The Kier molecular flexibility index (Phi) is 7.61. The first-order valence-corrected chi connectivity index (χ1v) is 7.62. The number of ketones is 2. The van der Waals surface area contributed by atoms with Gasteiger partial charge in [-0.2, -0.15) is 0 Å². The summed E-state index contributed by atoms with van der Waals surface area (Å²) in [6.07, 6.45) is 2.79. The van der Waals surface area contributed by atoms with Crippen molar-refractivity contribution in [2.45, 2.75) is 51.0 Å². The fourth-order valence-corrected chi connectivity index (χ4v) is 2.84. The molecule has 3 N–H and O–H groups in total. The van der Waals surface area contributed by atoms with Crippen molar-refractivity contribution < 1.29 is 34.5 Å². The number of carboxylic acids is 2. The van der Waals surface area contributed by atoms with Gasteiger partial charge in [-0.25, -0.2) is 0 Å². The lowest BCUT2D eigenvalue weighted by atomic mass is 9.86. The zero-order valence-corrected chi connectivity index (χ0v) is 12.8. The number of carboxylic acid groups (broad SMARTS) is 2. The molecule has 1 rings (SSSR count). The quantitative estimate of drug-likeness (QED) is 0.514. The lowest BCUT2D eigenvalue weighted by Gasteiger charge is -2.19. The van der Waals surface area contributed by atoms with Crippen LogP contribution in [0.4, 0.5) is 0 Å². The van der Waals surface area contributed by atoms with Crippen molar-refractivity contribution in [2.24, 2.45) is 11.8 Å². The van der Waals surface area contributed by atoms with E-state index in [1.807, 2.05) is 0 Å². The minimum absolute atomic E-state index is 0.0470. The summed E-state index contributed by atoms with van der Waals surface area (Å²) in [5.41, 5.74) is 0. The topological polar surface area (TPSA) is 129 Å². The van der Waals surface area contributed by atoms with Crippen LogP contribution in [0.2, 0.25) is 0 Å². The van der Waals surface area contributed by atoms with Crippen LogP contribution >= 0.6 is 0 Å². The number of rotatable bonds is 10. The average Bonchev–Trinajstić information content (AvgIpc) is 2.72. The highest BCUT2D eigenvalue weighted by Gasteiger charge is 2.40. The molecule has 0 bridgehead atoms. The van der Waals surface area contributed by atoms with E-state index >= 15 is 0 Å². The smallest absolute Gasteiger partial charge is 0.307 e. The van der Waals surface area contributed by atoms with Crippen molar-refractivity contribution in [3.63, 3.8) is 0 Å². The number of carbonyl (C=O) groups is 4. The maximum atomic E-state index is 11.9. The van der Waals surface area contributed by atoms with E-state index in [9.17, 15) is 24.3 Å². The normalized spacial score (nSPS) is 24.2. The average molecular weight is 326 g/mol. The highest BCUT2D eigenvalue weighted by Crippen LogP contribution is 2.35. The Morgan fingerprint density at radius 2 is 1.74 bits per heavy atom. The minimum atomic E-state index is -1.04. The molecule has 0 amide bonds. The molecule has 128 valence electrons. The molecular formula is C16H22O7. The molecule has 1 aliphatic carbocycles. The number of carbonyl (C=O) groups excluding carboxylic acids is 2. The zero-order chi connectivity index (χ0) is 17.4. The number of allylic oxidation sites excluding steroid dienone is 1. The van der Waals surface area contributed by atoms with E-state index in [0.29, 0.717) is 12.8 Å². The molecule has 3 atom stereocenters. The SMILES string of the molecule is O=C(O)C/C=C\C[C@H]1[C@@H](O)CC(=O)[C@@H]1CCC(=O)CCC(=O)O. The summed E-state index contributed by atoms with van der Waals surface area (Å²) >= 11 is 0. The Morgan fingerprint density at radius 1 is 1.04 bits per heavy atom. The highest BCUT2D eigenvalue weighted by molar-refractivity contribution is 5.86. The van der Waals surface area contributed by atoms with Gasteiger partial charge in [0.25, 0.3) is 0 Å². The Morgan fingerprint density at radius 3 is 2.35 bits per heavy atom. The lowest BCUT2D eigenvalue weighted by molar-refractivity contribution is -0.138. The second-order valence-electron chi connectivity index (χ2n) is 5.78. The van der Waals surface area contributed by atoms with Gasteiger partial charge in [0, 0.05) is 25.2 Å². The zero-order valence-electron chi connectivity index (χ0n) is 12.8. The number of hydrogen-bond acceptors (Lipinski definition) is 5. The maximum Gasteiger partial charge on any atom is 0.307 e. The van der Waals surface area contributed by atoms with Crippen LogP contribution in [0, 0.1) is 11.8 Å². The van der Waals surface area contributed by atoms with Crippen LogP contribution in [0.25, 0.3) is 0 Å². The van der Waals surface area contributed by atoms with Crippen molar-refractivity contribution >= 4 is 23.5 Å². The van der Waals surface area contributed by atoms with Gasteiger partial charge < -0.3 is 15.3 Å². The standard InChI is InChI=1S/C16H22O7/c17-10(6-8-16(22)23)5-7-12-11(13(18)9-14(12)19)3-1-2-4-15(20)21/h1-2,11-13,18H,3-9H2,(H,20,21)(H,22,23)/b2-1-/t11-,12-,13+/m1/s1. The third kappa shape index (κ3) is 6.73. The Balaban J connectivity index is 2.50. The molecule has 7 nitrogen and oxygen atoms in total. The van der Waals surface area contributed by atoms with Gasteiger partial charge in [0.2, 0.25) is 0 Å². The first kappa shape index (κ1) is 19.0. The monoisotopic (exact) mass is 326 g/mol. The molecule has 0 aromatic carbocycles. The summed E-state index contributed by atoms with van der Waals surface area (Å²) < 4.78 is 0. The molecule has 0 spiro atoms. The van der Waals surface area contributed by atoms with Crippen molar-refractivity contribution in [2.75, 3.05) is 0 Å². The molecule has 0 saturated heterocycles.